The Bertz CT molecular complexity index is 308. The smallest absolute Gasteiger partial charge is 0.0661 e. The van der Waals surface area contributed by atoms with Crippen molar-refractivity contribution in [3.63, 3.8) is 0 Å². The fourth-order valence-electron chi connectivity index (χ4n) is 1.85. The van der Waals surface area contributed by atoms with Gasteiger partial charge in [-0.25, -0.2) is 0 Å². The third-order valence-electron chi connectivity index (χ3n) is 2.50. The Labute approximate surface area is 77.1 Å². The summed E-state index contributed by atoms with van der Waals surface area (Å²) in [6.07, 6.45) is 4.83. The lowest BCUT2D eigenvalue weighted by Gasteiger charge is -2.07. The van der Waals surface area contributed by atoms with Crippen LogP contribution in [0.2, 0.25) is 0 Å². The molecule has 0 aromatic carbocycles. The molecule has 0 amide bonds. The van der Waals surface area contributed by atoms with E-state index in [1.807, 2.05) is 18.2 Å². The Hall–Kier alpha value is -1.38. The van der Waals surface area contributed by atoms with Crippen molar-refractivity contribution in [2.45, 2.75) is 25.2 Å². The van der Waals surface area contributed by atoms with E-state index in [1.54, 1.807) is 6.20 Å². The molecule has 68 valence electrons. The maximum Gasteiger partial charge on any atom is 0.0661 e. The van der Waals surface area contributed by atoms with Gasteiger partial charge in [0, 0.05) is 17.8 Å². The van der Waals surface area contributed by atoms with Gasteiger partial charge in [0.2, 0.25) is 0 Å². The molecule has 1 atom stereocenters. The molecule has 0 saturated heterocycles. The van der Waals surface area contributed by atoms with Gasteiger partial charge in [0.1, 0.15) is 0 Å². The van der Waals surface area contributed by atoms with Crippen LogP contribution in [-0.4, -0.2) is 15.9 Å². The molecule has 3 nitrogen and oxygen atoms in total. The highest BCUT2D eigenvalue weighted by Gasteiger charge is 2.25. The summed E-state index contributed by atoms with van der Waals surface area (Å²) in [6, 6.07) is 5.85. The zero-order valence-corrected chi connectivity index (χ0v) is 7.35. The Balaban J connectivity index is 2.27. The molecule has 2 rings (SSSR count). The van der Waals surface area contributed by atoms with E-state index < -0.39 is 0 Å². The summed E-state index contributed by atoms with van der Waals surface area (Å²) in [5, 5.41) is 12.1. The standard InChI is InChI=1S/C10H12N2O/c13-12-10-6-3-4-8(10)9-5-1-2-7-11-9/h1-2,5,7-8,13H,3-4,6H2/b12-10-/t8-/m0/s1. The number of pyridine rings is 1. The van der Waals surface area contributed by atoms with Gasteiger partial charge in [0.15, 0.2) is 0 Å². The third kappa shape index (κ3) is 1.54. The second-order valence-corrected chi connectivity index (χ2v) is 3.29. The van der Waals surface area contributed by atoms with E-state index in [-0.39, 0.29) is 5.92 Å². The van der Waals surface area contributed by atoms with Crippen LogP contribution in [0.4, 0.5) is 0 Å². The van der Waals surface area contributed by atoms with Crippen LogP contribution < -0.4 is 0 Å². The third-order valence-corrected chi connectivity index (χ3v) is 2.50. The summed E-state index contributed by atoms with van der Waals surface area (Å²) in [5.41, 5.74) is 1.89. The molecule has 3 heteroatoms. The van der Waals surface area contributed by atoms with E-state index in [2.05, 4.69) is 10.1 Å². The number of hydrogen-bond acceptors (Lipinski definition) is 3. The molecule has 1 aromatic heterocycles. The number of rotatable bonds is 1. The van der Waals surface area contributed by atoms with Gasteiger partial charge in [-0.15, -0.1) is 0 Å². The second kappa shape index (κ2) is 3.56. The second-order valence-electron chi connectivity index (χ2n) is 3.29. The normalized spacial score (nSPS) is 25.2. The lowest BCUT2D eigenvalue weighted by Crippen LogP contribution is -2.06. The maximum absolute atomic E-state index is 8.76. The summed E-state index contributed by atoms with van der Waals surface area (Å²) in [5.74, 6) is 0.242. The van der Waals surface area contributed by atoms with E-state index in [4.69, 9.17) is 5.21 Å². The highest BCUT2D eigenvalue weighted by Crippen LogP contribution is 2.30. The number of oxime groups is 1. The molecule has 0 unspecified atom stereocenters. The highest BCUT2D eigenvalue weighted by molar-refractivity contribution is 5.91. The highest BCUT2D eigenvalue weighted by atomic mass is 16.4. The van der Waals surface area contributed by atoms with Crippen LogP contribution >= 0.6 is 0 Å². The molecule has 0 aliphatic heterocycles. The van der Waals surface area contributed by atoms with Crippen LogP contribution in [0.3, 0.4) is 0 Å². The molecule has 1 heterocycles. The van der Waals surface area contributed by atoms with Gasteiger partial charge in [-0.3, -0.25) is 4.98 Å². The molecular formula is C10H12N2O. The fourth-order valence-corrected chi connectivity index (χ4v) is 1.85. The van der Waals surface area contributed by atoms with Crippen LogP contribution in [0.15, 0.2) is 29.6 Å². The lowest BCUT2D eigenvalue weighted by molar-refractivity contribution is 0.316. The van der Waals surface area contributed by atoms with E-state index >= 15 is 0 Å². The van der Waals surface area contributed by atoms with Crippen molar-refractivity contribution in [3.05, 3.63) is 30.1 Å². The topological polar surface area (TPSA) is 45.5 Å². The van der Waals surface area contributed by atoms with Crippen molar-refractivity contribution < 1.29 is 5.21 Å². The van der Waals surface area contributed by atoms with Crippen molar-refractivity contribution in [1.82, 2.24) is 4.98 Å². The Kier molecular flexibility index (Phi) is 2.25. The summed E-state index contributed by atoms with van der Waals surface area (Å²) in [4.78, 5) is 4.27. The monoisotopic (exact) mass is 176 g/mol. The molecule has 1 aliphatic rings. The minimum atomic E-state index is 0.242. The summed E-state index contributed by atoms with van der Waals surface area (Å²) >= 11 is 0. The predicted molar refractivity (Wildman–Crippen MR) is 50.1 cm³/mol. The minimum absolute atomic E-state index is 0.242. The van der Waals surface area contributed by atoms with Crippen molar-refractivity contribution in [1.29, 1.82) is 0 Å². The van der Waals surface area contributed by atoms with Crippen LogP contribution in [0, 0.1) is 0 Å². The molecule has 1 saturated carbocycles. The Morgan fingerprint density at radius 3 is 3.08 bits per heavy atom. The zero-order valence-electron chi connectivity index (χ0n) is 7.35. The first-order chi connectivity index (χ1) is 6.42. The fraction of sp³-hybridized carbons (Fsp3) is 0.400. The predicted octanol–water partition coefficient (Wildman–Crippen LogP) is 2.18. The SMILES string of the molecule is O/N=C1/CCC[C@H]1c1ccccn1. The molecule has 1 aliphatic carbocycles. The lowest BCUT2D eigenvalue weighted by atomic mass is 10.0. The molecule has 1 aromatic rings. The van der Waals surface area contributed by atoms with E-state index in [0.29, 0.717) is 0 Å². The number of hydrogen-bond donors (Lipinski definition) is 1. The van der Waals surface area contributed by atoms with Crippen molar-refractivity contribution in [3.8, 4) is 0 Å². The Morgan fingerprint density at radius 1 is 1.46 bits per heavy atom. The first-order valence-electron chi connectivity index (χ1n) is 4.53. The van der Waals surface area contributed by atoms with E-state index in [1.165, 1.54) is 0 Å². The van der Waals surface area contributed by atoms with Gasteiger partial charge in [-0.1, -0.05) is 11.2 Å². The largest absolute Gasteiger partial charge is 0.411 e. The molecule has 0 radical (unpaired) electrons. The molecule has 1 N–H and O–H groups in total. The first kappa shape index (κ1) is 8.23. The average Bonchev–Trinajstić information content (AvgIpc) is 2.67. The van der Waals surface area contributed by atoms with Gasteiger partial charge >= 0.3 is 0 Å². The van der Waals surface area contributed by atoms with Crippen LogP contribution in [0.1, 0.15) is 30.9 Å². The molecule has 13 heavy (non-hydrogen) atoms. The van der Waals surface area contributed by atoms with Crippen molar-refractivity contribution in [2.75, 3.05) is 0 Å². The van der Waals surface area contributed by atoms with Crippen molar-refractivity contribution >= 4 is 5.71 Å². The number of nitrogens with zero attached hydrogens (tertiary/aromatic N) is 2. The van der Waals surface area contributed by atoms with E-state index in [9.17, 15) is 0 Å². The Morgan fingerprint density at radius 2 is 2.38 bits per heavy atom. The van der Waals surface area contributed by atoms with Gasteiger partial charge in [0.25, 0.3) is 0 Å². The van der Waals surface area contributed by atoms with E-state index in [0.717, 1.165) is 30.7 Å². The average molecular weight is 176 g/mol. The summed E-state index contributed by atoms with van der Waals surface area (Å²) in [7, 11) is 0. The molecule has 0 bridgehead atoms. The molecule has 0 spiro atoms. The first-order valence-corrected chi connectivity index (χ1v) is 4.53. The zero-order chi connectivity index (χ0) is 9.10. The quantitative estimate of drug-likeness (QED) is 0.526. The van der Waals surface area contributed by atoms with Gasteiger partial charge in [-0.2, -0.15) is 0 Å². The minimum Gasteiger partial charge on any atom is -0.411 e. The summed E-state index contributed by atoms with van der Waals surface area (Å²) in [6.45, 7) is 0. The maximum atomic E-state index is 8.76. The molecular weight excluding hydrogens is 164 g/mol. The number of aromatic nitrogens is 1. The summed E-state index contributed by atoms with van der Waals surface area (Å²) < 4.78 is 0. The van der Waals surface area contributed by atoms with Gasteiger partial charge < -0.3 is 5.21 Å². The van der Waals surface area contributed by atoms with Crippen LogP contribution in [-0.2, 0) is 0 Å². The van der Waals surface area contributed by atoms with Crippen LogP contribution in [0.5, 0.6) is 0 Å². The van der Waals surface area contributed by atoms with Crippen LogP contribution in [0.25, 0.3) is 0 Å². The van der Waals surface area contributed by atoms with Crippen molar-refractivity contribution in [2.24, 2.45) is 5.16 Å². The van der Waals surface area contributed by atoms with Gasteiger partial charge in [0.05, 0.1) is 5.71 Å². The van der Waals surface area contributed by atoms with Gasteiger partial charge in [-0.05, 0) is 31.4 Å². The molecule has 1 fully saturated rings.